The molecule has 0 atom stereocenters. The number of sulfonamides is 1. The maximum atomic E-state index is 12.9. The fourth-order valence-corrected chi connectivity index (χ4v) is 3.22. The van der Waals surface area contributed by atoms with Crippen LogP contribution in [0, 0.1) is 0 Å². The molecule has 33 heavy (non-hydrogen) atoms. The number of ether oxygens (including phenoxy) is 1. The molecule has 1 aromatic heterocycles. The lowest BCUT2D eigenvalue weighted by Crippen LogP contribution is -2.28. The number of hydrogen-bond donors (Lipinski definition) is 2. The summed E-state index contributed by atoms with van der Waals surface area (Å²) in [6.45, 7) is -0.588. The Hall–Kier alpha value is -3.64. The zero-order chi connectivity index (χ0) is 24.2. The van der Waals surface area contributed by atoms with Gasteiger partial charge in [0, 0.05) is 12.1 Å². The maximum Gasteiger partial charge on any atom is 0.416 e. The summed E-state index contributed by atoms with van der Waals surface area (Å²) in [5.74, 6) is -1.86. The lowest BCUT2D eigenvalue weighted by atomic mass is 10.1. The minimum Gasteiger partial charge on any atom is -0.450 e. The van der Waals surface area contributed by atoms with Gasteiger partial charge in [0.2, 0.25) is 15.8 Å². The van der Waals surface area contributed by atoms with Gasteiger partial charge >= 0.3 is 12.1 Å². The van der Waals surface area contributed by atoms with Gasteiger partial charge in [-0.1, -0.05) is 24.3 Å². The summed E-state index contributed by atoms with van der Waals surface area (Å²) >= 11 is 0. The number of amides is 1. The van der Waals surface area contributed by atoms with Crippen LogP contribution in [0.3, 0.4) is 0 Å². The lowest BCUT2D eigenvalue weighted by Gasteiger charge is -2.07. The number of alkyl halides is 3. The normalized spacial score (nSPS) is 11.8. The monoisotopic (exact) mass is 482 g/mol. The number of benzene rings is 2. The highest BCUT2D eigenvalue weighted by molar-refractivity contribution is 7.89. The van der Waals surface area contributed by atoms with Crippen molar-refractivity contribution in [2.75, 3.05) is 6.61 Å². The van der Waals surface area contributed by atoms with Crippen LogP contribution in [0.2, 0.25) is 0 Å². The number of carbonyl (C=O) groups is 2. The highest BCUT2D eigenvalue weighted by atomic mass is 32.2. The average molecular weight is 482 g/mol. The fraction of sp³-hybridized carbons (Fsp3) is 0.143. The predicted octanol–water partition coefficient (Wildman–Crippen LogP) is 3.09. The Bertz CT molecular complexity index is 1270. The summed E-state index contributed by atoms with van der Waals surface area (Å²) in [5, 5.41) is 7.49. The Kier molecular flexibility index (Phi) is 6.89. The van der Waals surface area contributed by atoms with Gasteiger partial charge in [-0.2, -0.15) is 13.2 Å². The van der Waals surface area contributed by atoms with Gasteiger partial charge in [0.1, 0.15) is 5.76 Å². The van der Waals surface area contributed by atoms with E-state index in [2.05, 4.69) is 5.32 Å². The molecule has 3 rings (SSSR count). The number of hydrogen-bond acceptors (Lipinski definition) is 6. The van der Waals surface area contributed by atoms with Gasteiger partial charge in [-0.05, 0) is 42.0 Å². The molecular formula is C21H17F3N2O6S. The molecule has 0 fully saturated rings. The van der Waals surface area contributed by atoms with E-state index in [0.29, 0.717) is 5.56 Å². The molecule has 174 valence electrons. The molecule has 0 aliphatic heterocycles. The molecule has 1 amide bonds. The summed E-state index contributed by atoms with van der Waals surface area (Å²) < 4.78 is 71.1. The van der Waals surface area contributed by atoms with Gasteiger partial charge in [0.05, 0.1) is 10.5 Å². The first-order valence-corrected chi connectivity index (χ1v) is 10.8. The van der Waals surface area contributed by atoms with E-state index in [1.807, 2.05) is 0 Å². The molecule has 0 unspecified atom stereocenters. The van der Waals surface area contributed by atoms with E-state index in [-0.39, 0.29) is 28.5 Å². The molecule has 0 saturated carbocycles. The summed E-state index contributed by atoms with van der Waals surface area (Å²) in [6, 6.07) is 12.4. The highest BCUT2D eigenvalue weighted by Crippen LogP contribution is 2.32. The van der Waals surface area contributed by atoms with Gasteiger partial charge in [0.25, 0.3) is 5.91 Å². The first kappa shape index (κ1) is 24.0. The lowest BCUT2D eigenvalue weighted by molar-refractivity contribution is -0.137. The van der Waals surface area contributed by atoms with Gasteiger partial charge in [0.15, 0.2) is 6.61 Å². The van der Waals surface area contributed by atoms with Crippen molar-refractivity contribution in [3.63, 3.8) is 0 Å². The zero-order valence-corrected chi connectivity index (χ0v) is 17.6. The van der Waals surface area contributed by atoms with Gasteiger partial charge in [-0.3, -0.25) is 4.79 Å². The van der Waals surface area contributed by atoms with E-state index in [4.69, 9.17) is 14.3 Å². The van der Waals surface area contributed by atoms with E-state index >= 15 is 0 Å². The molecule has 0 spiro atoms. The Labute approximate surface area is 186 Å². The number of primary sulfonamides is 1. The van der Waals surface area contributed by atoms with Crippen molar-refractivity contribution in [2.45, 2.75) is 17.6 Å². The van der Waals surface area contributed by atoms with Crippen LogP contribution >= 0.6 is 0 Å². The second-order valence-electron chi connectivity index (χ2n) is 6.78. The summed E-state index contributed by atoms with van der Waals surface area (Å²) in [4.78, 5) is 23.9. The molecule has 0 bridgehead atoms. The SMILES string of the molecule is NS(=O)(=O)c1ccc(CNC(=O)COC(=O)c2ccc(-c3cccc(C(F)(F)F)c3)o2)cc1. The molecule has 12 heteroatoms. The second-order valence-corrected chi connectivity index (χ2v) is 8.35. The highest BCUT2D eigenvalue weighted by Gasteiger charge is 2.30. The van der Waals surface area contributed by atoms with Crippen molar-refractivity contribution in [3.8, 4) is 11.3 Å². The van der Waals surface area contributed by atoms with Crippen LogP contribution < -0.4 is 10.5 Å². The number of carbonyl (C=O) groups excluding carboxylic acids is 2. The van der Waals surface area contributed by atoms with Crippen LogP contribution in [0.15, 0.2) is 70.0 Å². The van der Waals surface area contributed by atoms with Gasteiger partial charge in [-0.15, -0.1) is 0 Å². The standard InChI is InChI=1S/C21H17F3N2O6S/c22-21(23,24)15-3-1-2-14(10-15)17-8-9-18(32-17)20(28)31-12-19(27)26-11-13-4-6-16(7-5-13)33(25,29)30/h1-10H,11-12H2,(H,26,27)(H2,25,29,30). The van der Waals surface area contributed by atoms with E-state index in [1.54, 1.807) is 0 Å². The van der Waals surface area contributed by atoms with Crippen molar-refractivity contribution in [3.05, 3.63) is 77.6 Å². The number of nitrogens with one attached hydrogen (secondary N) is 1. The van der Waals surface area contributed by atoms with Crippen molar-refractivity contribution < 1.29 is 40.3 Å². The fourth-order valence-electron chi connectivity index (χ4n) is 2.70. The van der Waals surface area contributed by atoms with Crippen molar-refractivity contribution in [2.24, 2.45) is 5.14 Å². The largest absolute Gasteiger partial charge is 0.450 e. The first-order valence-electron chi connectivity index (χ1n) is 9.26. The van der Waals surface area contributed by atoms with Crippen molar-refractivity contribution in [1.29, 1.82) is 0 Å². The van der Waals surface area contributed by atoms with Crippen LogP contribution in [0.25, 0.3) is 11.3 Å². The van der Waals surface area contributed by atoms with E-state index in [9.17, 15) is 31.2 Å². The third kappa shape index (κ3) is 6.43. The smallest absolute Gasteiger partial charge is 0.416 e. The number of esters is 1. The minimum atomic E-state index is -4.53. The second kappa shape index (κ2) is 9.46. The number of nitrogens with two attached hydrogens (primary N) is 1. The molecule has 0 aliphatic carbocycles. The Morgan fingerprint density at radius 2 is 1.73 bits per heavy atom. The molecule has 3 aromatic rings. The quantitative estimate of drug-likeness (QED) is 0.498. The van der Waals surface area contributed by atoms with Crippen LogP contribution in [-0.2, 0) is 32.3 Å². The zero-order valence-electron chi connectivity index (χ0n) is 16.8. The Morgan fingerprint density at radius 3 is 2.36 bits per heavy atom. The molecular weight excluding hydrogens is 465 g/mol. The Morgan fingerprint density at radius 1 is 1.03 bits per heavy atom. The molecule has 1 heterocycles. The summed E-state index contributed by atoms with van der Waals surface area (Å²) in [5.41, 5.74) is -0.162. The molecule has 0 aliphatic rings. The van der Waals surface area contributed by atoms with Crippen LogP contribution in [0.4, 0.5) is 13.2 Å². The third-order valence-electron chi connectivity index (χ3n) is 4.36. The molecule has 3 N–H and O–H groups in total. The number of furan rings is 1. The van der Waals surface area contributed by atoms with Crippen molar-refractivity contribution >= 4 is 21.9 Å². The maximum absolute atomic E-state index is 12.9. The minimum absolute atomic E-state index is 0.0282. The van der Waals surface area contributed by atoms with Crippen molar-refractivity contribution in [1.82, 2.24) is 5.32 Å². The van der Waals surface area contributed by atoms with E-state index in [0.717, 1.165) is 12.1 Å². The molecule has 0 radical (unpaired) electrons. The van der Waals surface area contributed by atoms with Crippen LogP contribution in [-0.4, -0.2) is 26.9 Å². The van der Waals surface area contributed by atoms with Crippen LogP contribution in [0.5, 0.6) is 0 Å². The van der Waals surface area contributed by atoms with E-state index in [1.165, 1.54) is 48.5 Å². The van der Waals surface area contributed by atoms with Gasteiger partial charge in [-0.25, -0.2) is 18.4 Å². The summed E-state index contributed by atoms with van der Waals surface area (Å²) in [7, 11) is -3.82. The molecule has 8 nitrogen and oxygen atoms in total. The Balaban J connectivity index is 1.53. The predicted molar refractivity (Wildman–Crippen MR) is 109 cm³/mol. The number of rotatable bonds is 7. The topological polar surface area (TPSA) is 129 Å². The molecule has 2 aromatic carbocycles. The number of halogens is 3. The third-order valence-corrected chi connectivity index (χ3v) is 5.29. The van der Waals surface area contributed by atoms with Gasteiger partial charge < -0.3 is 14.5 Å². The molecule has 0 saturated heterocycles. The first-order chi connectivity index (χ1) is 15.4. The van der Waals surface area contributed by atoms with Crippen LogP contribution in [0.1, 0.15) is 21.7 Å². The van der Waals surface area contributed by atoms with E-state index < -0.39 is 40.2 Å². The average Bonchev–Trinajstić information content (AvgIpc) is 3.26. The summed E-state index contributed by atoms with van der Waals surface area (Å²) in [6.07, 6.45) is -4.53.